The molecule has 1 saturated heterocycles. The fourth-order valence-electron chi connectivity index (χ4n) is 4.01. The van der Waals surface area contributed by atoms with Gasteiger partial charge in [0.05, 0.1) is 82.5 Å². The molecule has 38 heavy (non-hydrogen) atoms. The molecule has 4 heterocycles. The SMILES string of the molecule is COC1=N[N+]2=C(C)C(C)=[N+]3NC(=Nc4ccc5c(c4)OCCOCCOCCOCCOCCO5)SC23S1. The predicted molar refractivity (Wildman–Crippen MR) is 145 cm³/mol. The Bertz CT molecular complexity index is 1160. The lowest BCUT2D eigenvalue weighted by Gasteiger charge is -2.14. The summed E-state index contributed by atoms with van der Waals surface area (Å²) in [5.74, 6) is 1.21. The number of methoxy groups -OCH3 is 1. The lowest BCUT2D eigenvalue weighted by molar-refractivity contribution is -0.766. The molecule has 206 valence electrons. The smallest absolute Gasteiger partial charge is 0.487 e. The fourth-order valence-corrected chi connectivity index (χ4v) is 6.68. The topological polar surface area (TPSA) is 107 Å². The molecule has 14 heteroatoms. The summed E-state index contributed by atoms with van der Waals surface area (Å²) in [7, 11) is 1.63. The number of hydrogen-bond donors (Lipinski definition) is 1. The highest BCUT2D eigenvalue weighted by atomic mass is 32.2. The molecule has 1 atom stereocenters. The molecule has 4 aliphatic rings. The Morgan fingerprint density at radius 2 is 1.45 bits per heavy atom. The van der Waals surface area contributed by atoms with Gasteiger partial charge in [0.25, 0.3) is 11.4 Å². The summed E-state index contributed by atoms with van der Waals surface area (Å²) >= 11 is 3.11. The van der Waals surface area contributed by atoms with Crippen LogP contribution in [0.1, 0.15) is 13.8 Å². The molecule has 1 aromatic carbocycles. The second kappa shape index (κ2) is 12.7. The van der Waals surface area contributed by atoms with E-state index < -0.39 is 4.33 Å². The number of nitrogens with one attached hydrogen (secondary N) is 1. The first-order valence-corrected chi connectivity index (χ1v) is 14.1. The maximum atomic E-state index is 6.03. The van der Waals surface area contributed by atoms with Gasteiger partial charge in [0.1, 0.15) is 25.0 Å². The number of hydrogen-bond acceptors (Lipinski definition) is 11. The number of thioether (sulfide) groups is 2. The minimum absolute atomic E-state index is 0.367. The average Bonchev–Trinajstić information content (AvgIpc) is 3.52. The Morgan fingerprint density at radius 1 is 0.842 bits per heavy atom. The highest BCUT2D eigenvalue weighted by Crippen LogP contribution is 2.50. The molecule has 5 rings (SSSR count). The van der Waals surface area contributed by atoms with Gasteiger partial charge in [-0.2, -0.15) is 0 Å². The second-order valence-corrected chi connectivity index (χ2v) is 11.0. The van der Waals surface area contributed by atoms with Gasteiger partial charge in [-0.1, -0.05) is 0 Å². The number of amidine groups is 1. The lowest BCUT2D eigenvalue weighted by atomic mass is 10.3. The van der Waals surface area contributed by atoms with Crippen molar-refractivity contribution in [1.29, 1.82) is 0 Å². The Labute approximate surface area is 230 Å². The van der Waals surface area contributed by atoms with Crippen molar-refractivity contribution >= 4 is 51.0 Å². The maximum Gasteiger partial charge on any atom is 0.522 e. The largest absolute Gasteiger partial charge is 0.522 e. The van der Waals surface area contributed by atoms with E-state index in [9.17, 15) is 0 Å². The minimum Gasteiger partial charge on any atom is -0.487 e. The first-order chi connectivity index (χ1) is 18.6. The first kappa shape index (κ1) is 27.2. The summed E-state index contributed by atoms with van der Waals surface area (Å²) in [6.45, 7) is 8.79. The molecule has 0 bridgehead atoms. The molecule has 0 aliphatic carbocycles. The summed E-state index contributed by atoms with van der Waals surface area (Å²) < 4.78 is 43.1. The highest BCUT2D eigenvalue weighted by molar-refractivity contribution is 8.30. The third kappa shape index (κ3) is 5.95. The Balaban J connectivity index is 1.29. The van der Waals surface area contributed by atoms with Gasteiger partial charge in [-0.3, -0.25) is 0 Å². The van der Waals surface area contributed by atoms with E-state index >= 15 is 0 Å². The second-order valence-electron chi connectivity index (χ2n) is 8.45. The van der Waals surface area contributed by atoms with Crippen LogP contribution in [0.5, 0.6) is 11.5 Å². The zero-order valence-electron chi connectivity index (χ0n) is 21.8. The Kier molecular flexibility index (Phi) is 9.07. The molecule has 4 aliphatic heterocycles. The Hall–Kier alpha value is -2.36. The van der Waals surface area contributed by atoms with Crippen LogP contribution >= 0.6 is 23.5 Å². The van der Waals surface area contributed by atoms with E-state index in [2.05, 4.69) is 22.1 Å². The van der Waals surface area contributed by atoms with Crippen LogP contribution in [-0.4, -0.2) is 109 Å². The normalized spacial score (nSPS) is 26.4. The van der Waals surface area contributed by atoms with Crippen molar-refractivity contribution in [2.24, 2.45) is 10.1 Å². The molecular formula is C24H33N5O7S2+2. The van der Waals surface area contributed by atoms with Gasteiger partial charge in [0.2, 0.25) is 5.17 Å². The fraction of sp³-hybridized carbons (Fsp3) is 0.583. The van der Waals surface area contributed by atoms with Crippen LogP contribution in [-0.2, 0) is 23.7 Å². The van der Waals surface area contributed by atoms with Crippen LogP contribution in [0.15, 0.2) is 28.3 Å². The molecule has 12 nitrogen and oxygen atoms in total. The number of aliphatic imine (C=N–C) groups is 1. The predicted octanol–water partition coefficient (Wildman–Crippen LogP) is 2.00. The molecule has 1 N–H and O–H groups in total. The molecule has 1 aromatic rings. The van der Waals surface area contributed by atoms with E-state index in [0.717, 1.165) is 22.3 Å². The number of benzene rings is 1. The molecule has 0 saturated carbocycles. The first-order valence-electron chi connectivity index (χ1n) is 12.5. The number of nitrogens with zero attached hydrogens (tertiary/aromatic N) is 4. The van der Waals surface area contributed by atoms with Gasteiger partial charge >= 0.3 is 9.56 Å². The minimum atomic E-state index is -0.534. The molecule has 1 spiro atoms. The van der Waals surface area contributed by atoms with Crippen LogP contribution in [0, 0.1) is 0 Å². The number of hydrazone groups is 2. The van der Waals surface area contributed by atoms with Crippen LogP contribution in [0.25, 0.3) is 0 Å². The summed E-state index contributed by atoms with van der Waals surface area (Å²) in [4.78, 5) is 4.86. The monoisotopic (exact) mass is 567 g/mol. The van der Waals surface area contributed by atoms with Crippen LogP contribution in [0.3, 0.4) is 0 Å². The molecule has 0 aromatic heterocycles. The van der Waals surface area contributed by atoms with Crippen molar-refractivity contribution in [2.45, 2.75) is 18.2 Å². The van der Waals surface area contributed by atoms with E-state index in [0.29, 0.717) is 82.8 Å². The quantitative estimate of drug-likeness (QED) is 0.507. The van der Waals surface area contributed by atoms with E-state index in [-0.39, 0.29) is 0 Å². The van der Waals surface area contributed by atoms with E-state index in [1.807, 2.05) is 29.8 Å². The van der Waals surface area contributed by atoms with Gasteiger partial charge in [-0.15, -0.1) is 5.43 Å². The van der Waals surface area contributed by atoms with Crippen molar-refractivity contribution in [2.75, 3.05) is 73.2 Å². The summed E-state index contributed by atoms with van der Waals surface area (Å²) in [6, 6.07) is 5.63. The number of ether oxygens (including phenoxy) is 7. The number of hydrazine groups is 1. The molecular weight excluding hydrogens is 534 g/mol. The summed E-state index contributed by atoms with van der Waals surface area (Å²) in [5.41, 5.74) is 6.29. The molecule has 0 amide bonds. The number of rotatable bonds is 1. The van der Waals surface area contributed by atoms with E-state index in [4.69, 9.17) is 38.2 Å². The average molecular weight is 568 g/mol. The standard InChI is InChI=1S/C24H32N5O7S2/c1-17-18(2)29-24(38-23(27-29)30-3)28(17)26-22(37-24)25-19-4-5-20-21(16-19)36-15-13-34-11-9-32-7-6-31-8-10-33-12-14-35-20/h4-5,16H,6-15H2,1-3H3/q+1/p+1. The third-order valence-electron chi connectivity index (χ3n) is 5.99. The molecule has 0 radical (unpaired) electrons. The van der Waals surface area contributed by atoms with Gasteiger partial charge < -0.3 is 33.2 Å². The van der Waals surface area contributed by atoms with Gasteiger partial charge in [0.15, 0.2) is 11.5 Å². The molecule has 1 fully saturated rings. The highest BCUT2D eigenvalue weighted by Gasteiger charge is 2.74. The van der Waals surface area contributed by atoms with Crippen molar-refractivity contribution in [3.05, 3.63) is 18.2 Å². The number of fused-ring (bicyclic) bond motifs is 1. The zero-order chi connectivity index (χ0) is 26.4. The van der Waals surface area contributed by atoms with Gasteiger partial charge in [-0.05, 0) is 16.8 Å². The van der Waals surface area contributed by atoms with Gasteiger partial charge in [-0.25, -0.2) is 4.99 Å². The van der Waals surface area contributed by atoms with E-state index in [1.165, 1.54) is 11.8 Å². The van der Waals surface area contributed by atoms with E-state index in [1.54, 1.807) is 18.9 Å². The summed E-state index contributed by atoms with van der Waals surface area (Å²) in [6.07, 6.45) is 0. The van der Waals surface area contributed by atoms with Crippen LogP contribution in [0.2, 0.25) is 0 Å². The zero-order valence-corrected chi connectivity index (χ0v) is 23.4. The molecule has 1 unspecified atom stereocenters. The third-order valence-corrected chi connectivity index (χ3v) is 8.53. The van der Waals surface area contributed by atoms with Crippen LogP contribution in [0.4, 0.5) is 5.69 Å². The van der Waals surface area contributed by atoms with Crippen molar-refractivity contribution in [1.82, 2.24) is 5.43 Å². The van der Waals surface area contributed by atoms with Gasteiger partial charge in [0, 0.05) is 24.6 Å². The van der Waals surface area contributed by atoms with Crippen LogP contribution < -0.4 is 14.9 Å². The Morgan fingerprint density at radius 3 is 2.08 bits per heavy atom. The van der Waals surface area contributed by atoms with Crippen molar-refractivity contribution < 1.29 is 42.5 Å². The van der Waals surface area contributed by atoms with Crippen molar-refractivity contribution in [3.63, 3.8) is 0 Å². The summed E-state index contributed by atoms with van der Waals surface area (Å²) in [5, 5.41) is 5.96. The van der Waals surface area contributed by atoms with Crippen molar-refractivity contribution in [3.8, 4) is 11.5 Å². The maximum absolute atomic E-state index is 6.03. The lowest BCUT2D eigenvalue weighted by Crippen LogP contribution is -2.39.